The van der Waals surface area contributed by atoms with Gasteiger partial charge in [0.2, 0.25) is 0 Å². The minimum atomic E-state index is -0.127. The molecule has 1 aliphatic carbocycles. The Labute approximate surface area is 150 Å². The summed E-state index contributed by atoms with van der Waals surface area (Å²) in [7, 11) is 1.61. The number of pyridine rings is 1. The van der Waals surface area contributed by atoms with Crippen molar-refractivity contribution in [3.63, 3.8) is 0 Å². The number of aromatic nitrogens is 1. The molecule has 0 aliphatic heterocycles. The quantitative estimate of drug-likeness (QED) is 0.747. The lowest BCUT2D eigenvalue weighted by Crippen LogP contribution is -2.15. The maximum absolute atomic E-state index is 13.0. The van der Waals surface area contributed by atoms with E-state index in [1.807, 2.05) is 42.5 Å². The van der Waals surface area contributed by atoms with Gasteiger partial charge in [0.05, 0.1) is 18.2 Å². The third-order valence-electron chi connectivity index (χ3n) is 4.55. The number of nitrogens with one attached hydrogen (secondary N) is 1. The molecule has 1 aliphatic rings. The summed E-state index contributed by atoms with van der Waals surface area (Å²) in [5, 5.41) is 4.39. The molecule has 0 radical (unpaired) electrons. The van der Waals surface area contributed by atoms with E-state index in [-0.39, 0.29) is 5.91 Å². The van der Waals surface area contributed by atoms with Gasteiger partial charge in [0.15, 0.2) is 0 Å². The highest BCUT2D eigenvalue weighted by atomic mass is 35.5. The Hall–Kier alpha value is -2.59. The van der Waals surface area contributed by atoms with Gasteiger partial charge in [-0.3, -0.25) is 9.78 Å². The highest BCUT2D eigenvalue weighted by Crippen LogP contribution is 2.32. The molecular formula is C20H17ClN2O2. The SMILES string of the molecule is COc1ccc(NC(=O)c2c3c(nc4ccc(Cl)cc24)CCC3)cc1. The van der Waals surface area contributed by atoms with Crippen LogP contribution in [-0.4, -0.2) is 18.0 Å². The van der Waals surface area contributed by atoms with Gasteiger partial charge in [-0.1, -0.05) is 11.6 Å². The summed E-state index contributed by atoms with van der Waals surface area (Å²) in [5.74, 6) is 0.623. The molecule has 3 aromatic rings. The van der Waals surface area contributed by atoms with Crippen LogP contribution < -0.4 is 10.1 Å². The molecule has 0 bridgehead atoms. The van der Waals surface area contributed by atoms with Crippen molar-refractivity contribution in [2.45, 2.75) is 19.3 Å². The molecule has 4 nitrogen and oxygen atoms in total. The number of anilines is 1. The Morgan fingerprint density at radius 3 is 2.72 bits per heavy atom. The number of carbonyl (C=O) groups is 1. The standard InChI is InChI=1S/C20H17ClN2O2/c1-25-14-8-6-13(7-9-14)22-20(24)19-15-3-2-4-17(15)23-18-10-5-12(21)11-16(18)19/h5-11H,2-4H2,1H3,(H,22,24). The minimum absolute atomic E-state index is 0.127. The molecule has 1 heterocycles. The normalized spacial score (nSPS) is 12.9. The number of halogens is 1. The minimum Gasteiger partial charge on any atom is -0.497 e. The average Bonchev–Trinajstić information content (AvgIpc) is 3.08. The van der Waals surface area contributed by atoms with Crippen LogP contribution in [0, 0.1) is 0 Å². The number of nitrogens with zero attached hydrogens (tertiary/aromatic N) is 1. The van der Waals surface area contributed by atoms with Gasteiger partial charge >= 0.3 is 0 Å². The van der Waals surface area contributed by atoms with Crippen LogP contribution in [-0.2, 0) is 12.8 Å². The lowest BCUT2D eigenvalue weighted by atomic mass is 10.0. The van der Waals surface area contributed by atoms with Crippen molar-refractivity contribution in [3.05, 3.63) is 64.3 Å². The van der Waals surface area contributed by atoms with Gasteiger partial charge in [-0.05, 0) is 67.3 Å². The first-order valence-electron chi connectivity index (χ1n) is 8.22. The lowest BCUT2D eigenvalue weighted by molar-refractivity contribution is 0.102. The summed E-state index contributed by atoms with van der Waals surface area (Å²) in [6.45, 7) is 0. The van der Waals surface area contributed by atoms with Crippen LogP contribution in [0.5, 0.6) is 5.75 Å². The molecule has 126 valence electrons. The Kier molecular flexibility index (Phi) is 4.06. The van der Waals surface area contributed by atoms with Crippen LogP contribution in [0.3, 0.4) is 0 Å². The van der Waals surface area contributed by atoms with E-state index in [2.05, 4.69) is 5.32 Å². The van der Waals surface area contributed by atoms with Gasteiger partial charge in [-0.25, -0.2) is 0 Å². The van der Waals surface area contributed by atoms with Crippen molar-refractivity contribution in [1.82, 2.24) is 4.98 Å². The fourth-order valence-corrected chi connectivity index (χ4v) is 3.53. The summed E-state index contributed by atoms with van der Waals surface area (Å²) in [6, 6.07) is 12.8. The molecular weight excluding hydrogens is 336 g/mol. The molecule has 1 aromatic heterocycles. The average molecular weight is 353 g/mol. The van der Waals surface area contributed by atoms with Crippen molar-refractivity contribution in [2.75, 3.05) is 12.4 Å². The van der Waals surface area contributed by atoms with Crippen LogP contribution in [0.1, 0.15) is 28.0 Å². The molecule has 1 N–H and O–H groups in total. The van der Waals surface area contributed by atoms with E-state index >= 15 is 0 Å². The zero-order valence-electron chi connectivity index (χ0n) is 13.8. The predicted molar refractivity (Wildman–Crippen MR) is 99.7 cm³/mol. The third kappa shape index (κ3) is 2.94. The van der Waals surface area contributed by atoms with Crippen LogP contribution >= 0.6 is 11.6 Å². The van der Waals surface area contributed by atoms with E-state index in [0.29, 0.717) is 10.6 Å². The molecule has 2 aromatic carbocycles. The zero-order valence-corrected chi connectivity index (χ0v) is 14.6. The number of aryl methyl sites for hydroxylation is 1. The molecule has 4 rings (SSSR count). The summed E-state index contributed by atoms with van der Waals surface area (Å²) in [4.78, 5) is 17.8. The Bertz CT molecular complexity index is 968. The van der Waals surface area contributed by atoms with Crippen molar-refractivity contribution < 1.29 is 9.53 Å². The molecule has 1 amide bonds. The van der Waals surface area contributed by atoms with E-state index in [0.717, 1.165) is 52.9 Å². The number of benzene rings is 2. The number of ether oxygens (including phenoxy) is 1. The van der Waals surface area contributed by atoms with Crippen molar-refractivity contribution in [1.29, 1.82) is 0 Å². The van der Waals surface area contributed by atoms with Crippen LogP contribution in [0.15, 0.2) is 42.5 Å². The number of carbonyl (C=O) groups excluding carboxylic acids is 1. The van der Waals surface area contributed by atoms with E-state index in [1.54, 1.807) is 7.11 Å². The summed E-state index contributed by atoms with van der Waals surface area (Å²) >= 11 is 6.17. The fraction of sp³-hybridized carbons (Fsp3) is 0.200. The van der Waals surface area contributed by atoms with E-state index in [4.69, 9.17) is 21.3 Å². The highest BCUT2D eigenvalue weighted by molar-refractivity contribution is 6.31. The number of hydrogen-bond donors (Lipinski definition) is 1. The highest BCUT2D eigenvalue weighted by Gasteiger charge is 2.24. The number of amides is 1. The van der Waals surface area contributed by atoms with Crippen molar-refractivity contribution >= 4 is 34.1 Å². The van der Waals surface area contributed by atoms with Crippen LogP contribution in [0.2, 0.25) is 5.02 Å². The second-order valence-corrected chi connectivity index (χ2v) is 6.55. The summed E-state index contributed by atoms with van der Waals surface area (Å²) < 4.78 is 5.15. The Balaban J connectivity index is 1.78. The zero-order chi connectivity index (χ0) is 17.4. The van der Waals surface area contributed by atoms with Crippen LogP contribution in [0.25, 0.3) is 10.9 Å². The lowest BCUT2D eigenvalue weighted by Gasteiger charge is -2.13. The van der Waals surface area contributed by atoms with E-state index in [1.165, 1.54) is 0 Å². The largest absolute Gasteiger partial charge is 0.497 e. The summed E-state index contributed by atoms with van der Waals surface area (Å²) in [5.41, 5.74) is 4.29. The number of methoxy groups -OCH3 is 1. The van der Waals surface area contributed by atoms with E-state index in [9.17, 15) is 4.79 Å². The van der Waals surface area contributed by atoms with Crippen molar-refractivity contribution in [3.8, 4) is 5.75 Å². The van der Waals surface area contributed by atoms with Gasteiger partial charge in [0.1, 0.15) is 5.75 Å². The maximum Gasteiger partial charge on any atom is 0.256 e. The van der Waals surface area contributed by atoms with Crippen LogP contribution in [0.4, 0.5) is 5.69 Å². The van der Waals surface area contributed by atoms with Gasteiger partial charge in [0.25, 0.3) is 5.91 Å². The monoisotopic (exact) mass is 352 g/mol. The third-order valence-corrected chi connectivity index (χ3v) is 4.78. The molecule has 25 heavy (non-hydrogen) atoms. The topological polar surface area (TPSA) is 51.2 Å². The van der Waals surface area contributed by atoms with E-state index < -0.39 is 0 Å². The predicted octanol–water partition coefficient (Wildman–Crippen LogP) is 4.64. The first kappa shape index (κ1) is 15.9. The number of hydrogen-bond acceptors (Lipinski definition) is 3. The molecule has 0 unspecified atom stereocenters. The Morgan fingerprint density at radius 2 is 1.96 bits per heavy atom. The molecule has 0 fully saturated rings. The Morgan fingerprint density at radius 1 is 1.16 bits per heavy atom. The van der Waals surface area contributed by atoms with Gasteiger partial charge < -0.3 is 10.1 Å². The maximum atomic E-state index is 13.0. The smallest absolute Gasteiger partial charge is 0.256 e. The number of rotatable bonds is 3. The fourth-order valence-electron chi connectivity index (χ4n) is 3.36. The van der Waals surface area contributed by atoms with Gasteiger partial charge in [0, 0.05) is 21.8 Å². The van der Waals surface area contributed by atoms with Gasteiger partial charge in [-0.15, -0.1) is 0 Å². The van der Waals surface area contributed by atoms with Crippen molar-refractivity contribution in [2.24, 2.45) is 0 Å². The first-order valence-corrected chi connectivity index (χ1v) is 8.60. The summed E-state index contributed by atoms with van der Waals surface area (Å²) in [6.07, 6.45) is 2.81. The van der Waals surface area contributed by atoms with Gasteiger partial charge in [-0.2, -0.15) is 0 Å². The molecule has 0 spiro atoms. The second kappa shape index (κ2) is 6.37. The second-order valence-electron chi connectivity index (χ2n) is 6.11. The molecule has 0 saturated carbocycles. The molecule has 0 atom stereocenters. The molecule has 0 saturated heterocycles. The first-order chi connectivity index (χ1) is 12.2. The molecule has 5 heteroatoms. The number of fused-ring (bicyclic) bond motifs is 2.